The Kier molecular flexibility index (Phi) is 13.2. The average Bonchev–Trinajstić information content (AvgIpc) is 2.31. The minimum absolute atomic E-state index is 0.863. The Morgan fingerprint density at radius 2 is 1.12 bits per heavy atom. The zero-order valence-corrected chi connectivity index (χ0v) is 12.2. The molecule has 0 aromatic heterocycles. The number of unbranched alkanes of at least 4 members (excludes halogenated alkanes) is 9. The maximum absolute atomic E-state index is 11.2. The third-order valence-corrected chi connectivity index (χ3v) is 4.63. The van der Waals surface area contributed by atoms with Crippen molar-refractivity contribution in [2.24, 2.45) is 0 Å². The van der Waals surface area contributed by atoms with Crippen LogP contribution in [0.5, 0.6) is 0 Å². The van der Waals surface area contributed by atoms with Crippen LogP contribution in [-0.2, 0) is 4.57 Å². The smallest absolute Gasteiger partial charge is 0.0749 e. The van der Waals surface area contributed by atoms with E-state index in [0.717, 1.165) is 12.3 Å². The Labute approximate surface area is 103 Å². The summed E-state index contributed by atoms with van der Waals surface area (Å²) < 4.78 is 11.2. The Morgan fingerprint density at radius 1 is 0.688 bits per heavy atom. The highest BCUT2D eigenvalue weighted by atomic mass is 31.1. The zero-order valence-electron chi connectivity index (χ0n) is 11.3. The number of hydrogen-bond donors (Lipinski definition) is 0. The van der Waals surface area contributed by atoms with Crippen LogP contribution in [0.2, 0.25) is 0 Å². The summed E-state index contributed by atoms with van der Waals surface area (Å²) in [6.45, 7) is 4.29. The molecule has 0 aliphatic heterocycles. The van der Waals surface area contributed by atoms with Gasteiger partial charge in [0.15, 0.2) is 0 Å². The molecule has 1 unspecified atom stereocenters. The molecule has 0 spiro atoms. The maximum atomic E-state index is 11.2. The molecule has 0 aliphatic carbocycles. The summed E-state index contributed by atoms with van der Waals surface area (Å²) >= 11 is 0. The van der Waals surface area contributed by atoms with Gasteiger partial charge in [0.2, 0.25) is 0 Å². The molecular weight excluding hydrogens is 215 g/mol. The monoisotopic (exact) mass is 245 g/mol. The molecule has 0 saturated carbocycles. The predicted molar refractivity (Wildman–Crippen MR) is 74.9 cm³/mol. The van der Waals surface area contributed by atoms with Crippen molar-refractivity contribution < 1.29 is 4.57 Å². The standard InChI is InChI=1S/C14H30OP/c1-3-5-6-7-8-9-10-11-12-13-14-16(15)4-2/h3-14H2,1-2H3/q+1. The Bertz CT molecular complexity index is 157. The lowest BCUT2D eigenvalue weighted by molar-refractivity contribution is 0.559. The lowest BCUT2D eigenvalue weighted by Crippen LogP contribution is -1.84. The highest BCUT2D eigenvalue weighted by Crippen LogP contribution is 2.21. The van der Waals surface area contributed by atoms with Gasteiger partial charge >= 0.3 is 7.80 Å². The molecular formula is C14H30OP+. The molecule has 0 aromatic rings. The van der Waals surface area contributed by atoms with Crippen LogP contribution < -0.4 is 0 Å². The second-order valence-electron chi connectivity index (χ2n) is 4.70. The molecule has 0 amide bonds. The summed E-state index contributed by atoms with van der Waals surface area (Å²) in [4.78, 5) is 0. The van der Waals surface area contributed by atoms with Gasteiger partial charge < -0.3 is 0 Å². The molecule has 96 valence electrons. The van der Waals surface area contributed by atoms with Gasteiger partial charge in [0.25, 0.3) is 0 Å². The molecule has 16 heavy (non-hydrogen) atoms. The van der Waals surface area contributed by atoms with E-state index in [4.69, 9.17) is 0 Å². The van der Waals surface area contributed by atoms with Crippen molar-refractivity contribution in [1.29, 1.82) is 0 Å². The highest BCUT2D eigenvalue weighted by Gasteiger charge is 2.08. The molecule has 0 rings (SSSR count). The van der Waals surface area contributed by atoms with E-state index in [9.17, 15) is 4.57 Å². The minimum atomic E-state index is -0.863. The molecule has 0 aliphatic rings. The van der Waals surface area contributed by atoms with Crippen LogP contribution in [-0.4, -0.2) is 12.3 Å². The molecule has 2 heteroatoms. The summed E-state index contributed by atoms with van der Waals surface area (Å²) in [5.74, 6) is 0. The van der Waals surface area contributed by atoms with Gasteiger partial charge in [-0.05, 0) is 19.8 Å². The van der Waals surface area contributed by atoms with E-state index in [-0.39, 0.29) is 0 Å². The van der Waals surface area contributed by atoms with E-state index in [1.165, 1.54) is 64.2 Å². The molecule has 0 fully saturated rings. The SMILES string of the molecule is CCCCCCCCCCCC[P+](=O)CC. The fourth-order valence-corrected chi connectivity index (χ4v) is 2.83. The van der Waals surface area contributed by atoms with Crippen molar-refractivity contribution in [2.45, 2.75) is 78.1 Å². The van der Waals surface area contributed by atoms with Crippen LogP contribution in [0.1, 0.15) is 78.1 Å². The largest absolute Gasteiger partial charge is 0.338 e. The molecule has 0 bridgehead atoms. The first-order valence-electron chi connectivity index (χ1n) is 7.23. The van der Waals surface area contributed by atoms with Gasteiger partial charge in [-0.2, -0.15) is 0 Å². The third kappa shape index (κ3) is 12.2. The van der Waals surface area contributed by atoms with Crippen LogP contribution in [0.4, 0.5) is 0 Å². The van der Waals surface area contributed by atoms with Crippen molar-refractivity contribution >= 4 is 7.80 Å². The van der Waals surface area contributed by atoms with Crippen LogP contribution in [0.3, 0.4) is 0 Å². The fraction of sp³-hybridized carbons (Fsp3) is 1.00. The van der Waals surface area contributed by atoms with Crippen molar-refractivity contribution in [2.75, 3.05) is 12.3 Å². The van der Waals surface area contributed by atoms with Crippen molar-refractivity contribution in [3.05, 3.63) is 0 Å². The Hall–Kier alpha value is 0.100. The topological polar surface area (TPSA) is 17.1 Å². The number of hydrogen-bond acceptors (Lipinski definition) is 1. The van der Waals surface area contributed by atoms with Crippen LogP contribution in [0.25, 0.3) is 0 Å². The lowest BCUT2D eigenvalue weighted by Gasteiger charge is -2.00. The molecule has 0 aromatic carbocycles. The van der Waals surface area contributed by atoms with Gasteiger partial charge in [0.05, 0.1) is 0 Å². The van der Waals surface area contributed by atoms with Gasteiger partial charge in [0, 0.05) is 0 Å². The van der Waals surface area contributed by atoms with Crippen LogP contribution >= 0.6 is 7.80 Å². The lowest BCUT2D eigenvalue weighted by atomic mass is 10.1. The fourth-order valence-electron chi connectivity index (χ4n) is 1.93. The van der Waals surface area contributed by atoms with Crippen molar-refractivity contribution in [3.63, 3.8) is 0 Å². The second kappa shape index (κ2) is 13.2. The average molecular weight is 245 g/mol. The molecule has 0 radical (unpaired) electrons. The summed E-state index contributed by atoms with van der Waals surface area (Å²) in [6, 6.07) is 0. The first-order valence-corrected chi connectivity index (χ1v) is 8.86. The Morgan fingerprint density at radius 3 is 1.56 bits per heavy atom. The predicted octanol–water partition coefficient (Wildman–Crippen LogP) is 5.75. The van der Waals surface area contributed by atoms with Gasteiger partial charge in [0.1, 0.15) is 12.3 Å². The number of rotatable bonds is 12. The zero-order chi connectivity index (χ0) is 12.1. The van der Waals surface area contributed by atoms with E-state index in [1.807, 2.05) is 6.92 Å². The van der Waals surface area contributed by atoms with Gasteiger partial charge in [-0.25, -0.2) is 0 Å². The second-order valence-corrected chi connectivity index (χ2v) is 6.75. The molecule has 0 heterocycles. The van der Waals surface area contributed by atoms with Crippen LogP contribution in [0.15, 0.2) is 0 Å². The molecule has 1 nitrogen and oxygen atoms in total. The van der Waals surface area contributed by atoms with Gasteiger partial charge in [-0.1, -0.05) is 62.9 Å². The highest BCUT2D eigenvalue weighted by molar-refractivity contribution is 7.44. The third-order valence-electron chi connectivity index (χ3n) is 3.11. The van der Waals surface area contributed by atoms with E-state index in [2.05, 4.69) is 6.92 Å². The van der Waals surface area contributed by atoms with E-state index in [0.29, 0.717) is 0 Å². The maximum Gasteiger partial charge on any atom is 0.338 e. The van der Waals surface area contributed by atoms with Crippen molar-refractivity contribution in [1.82, 2.24) is 0 Å². The summed E-state index contributed by atoms with van der Waals surface area (Å²) in [5.41, 5.74) is 0. The summed E-state index contributed by atoms with van der Waals surface area (Å²) in [7, 11) is -0.863. The molecule has 0 saturated heterocycles. The van der Waals surface area contributed by atoms with Crippen LogP contribution in [0, 0.1) is 0 Å². The normalized spacial score (nSPS) is 11.8. The quantitative estimate of drug-likeness (QED) is 0.316. The minimum Gasteiger partial charge on any atom is -0.0749 e. The molecule has 0 N–H and O–H groups in total. The summed E-state index contributed by atoms with van der Waals surface area (Å²) in [5, 5.41) is 0. The Balaban J connectivity index is 2.96. The van der Waals surface area contributed by atoms with Crippen molar-refractivity contribution in [3.8, 4) is 0 Å². The van der Waals surface area contributed by atoms with E-state index < -0.39 is 7.80 Å². The van der Waals surface area contributed by atoms with Gasteiger partial charge in [-0.15, -0.1) is 0 Å². The summed E-state index contributed by atoms with van der Waals surface area (Å²) in [6.07, 6.45) is 15.5. The van der Waals surface area contributed by atoms with E-state index in [1.54, 1.807) is 0 Å². The van der Waals surface area contributed by atoms with E-state index >= 15 is 0 Å². The first-order chi connectivity index (χ1) is 7.81. The first kappa shape index (κ1) is 16.1. The van der Waals surface area contributed by atoms with Gasteiger partial charge in [-0.3, -0.25) is 0 Å². The molecule has 1 atom stereocenters.